The summed E-state index contributed by atoms with van der Waals surface area (Å²) < 4.78 is 32.6. The summed E-state index contributed by atoms with van der Waals surface area (Å²) in [5, 5.41) is 5.92. The van der Waals surface area contributed by atoms with E-state index in [4.69, 9.17) is 27.9 Å². The van der Waals surface area contributed by atoms with E-state index in [1.54, 1.807) is 12.1 Å². The minimum Gasteiger partial charge on any atom is -0.495 e. The predicted octanol–water partition coefficient (Wildman–Crippen LogP) is 4.82. The fourth-order valence-electron chi connectivity index (χ4n) is 3.06. The van der Waals surface area contributed by atoms with Crippen molar-refractivity contribution in [1.29, 1.82) is 0 Å². The second-order valence-corrected chi connectivity index (χ2v) is 9.29. The molecule has 1 fully saturated rings. The van der Waals surface area contributed by atoms with Gasteiger partial charge in [-0.05, 0) is 49.2 Å². The van der Waals surface area contributed by atoms with Crippen LogP contribution in [0.25, 0.3) is 0 Å². The summed E-state index contributed by atoms with van der Waals surface area (Å²) in [6, 6.07) is 8.49. The van der Waals surface area contributed by atoms with Crippen LogP contribution in [0.1, 0.15) is 19.3 Å². The zero-order valence-electron chi connectivity index (χ0n) is 15.7. The molecule has 0 radical (unpaired) electrons. The van der Waals surface area contributed by atoms with Gasteiger partial charge in [-0.2, -0.15) is 4.31 Å². The summed E-state index contributed by atoms with van der Waals surface area (Å²) in [4.78, 5) is 12.5. The summed E-state index contributed by atoms with van der Waals surface area (Å²) in [5.41, 5.74) is 0.677. The summed E-state index contributed by atoms with van der Waals surface area (Å²) in [6.45, 7) is 0.990. The summed E-state index contributed by atoms with van der Waals surface area (Å²) in [5.74, 6) is 0.340. The third-order valence-corrected chi connectivity index (χ3v) is 7.18. The van der Waals surface area contributed by atoms with E-state index in [0.29, 0.717) is 34.6 Å². The van der Waals surface area contributed by atoms with E-state index in [2.05, 4.69) is 10.6 Å². The number of benzene rings is 2. The first-order valence-corrected chi connectivity index (χ1v) is 11.2. The second-order valence-electron chi connectivity index (χ2n) is 6.53. The number of nitrogens with zero attached hydrogens (tertiary/aromatic N) is 1. The third-order valence-electron chi connectivity index (χ3n) is 4.55. The first-order chi connectivity index (χ1) is 13.8. The first-order valence-electron chi connectivity index (χ1n) is 9.02. The lowest BCUT2D eigenvalue weighted by Crippen LogP contribution is -2.35. The molecule has 2 aromatic rings. The molecular weight excluding hydrogens is 437 g/mol. The van der Waals surface area contributed by atoms with Crippen molar-refractivity contribution in [2.24, 2.45) is 0 Å². The minimum absolute atomic E-state index is 0.102. The van der Waals surface area contributed by atoms with Crippen molar-refractivity contribution in [3.05, 3.63) is 46.4 Å². The van der Waals surface area contributed by atoms with Gasteiger partial charge in [0.25, 0.3) is 0 Å². The number of nitrogens with one attached hydrogen (secondary N) is 2. The lowest BCUT2D eigenvalue weighted by molar-refractivity contribution is 0.262. The number of amides is 2. The largest absolute Gasteiger partial charge is 0.495 e. The number of urea groups is 1. The molecule has 156 valence electrons. The molecule has 1 aliphatic heterocycles. The molecule has 0 unspecified atom stereocenters. The van der Waals surface area contributed by atoms with Gasteiger partial charge in [-0.1, -0.05) is 29.6 Å². The van der Waals surface area contributed by atoms with Gasteiger partial charge in [-0.3, -0.25) is 0 Å². The Kier molecular flexibility index (Phi) is 6.89. The van der Waals surface area contributed by atoms with Gasteiger partial charge in [0.1, 0.15) is 5.75 Å². The quantitative estimate of drug-likeness (QED) is 0.673. The molecule has 2 amide bonds. The topological polar surface area (TPSA) is 87.7 Å². The Morgan fingerprint density at radius 2 is 1.72 bits per heavy atom. The van der Waals surface area contributed by atoms with Crippen molar-refractivity contribution in [2.75, 3.05) is 30.8 Å². The highest BCUT2D eigenvalue weighted by molar-refractivity contribution is 7.89. The monoisotopic (exact) mass is 457 g/mol. The number of hydrogen-bond acceptors (Lipinski definition) is 4. The van der Waals surface area contributed by atoms with E-state index in [0.717, 1.165) is 19.3 Å². The molecule has 0 spiro atoms. The fraction of sp³-hybridized carbons (Fsp3) is 0.316. The van der Waals surface area contributed by atoms with Crippen LogP contribution in [-0.4, -0.2) is 39.0 Å². The van der Waals surface area contributed by atoms with E-state index in [1.807, 2.05) is 0 Å². The molecule has 2 N–H and O–H groups in total. The number of halogens is 2. The Bertz CT molecular complexity index is 1010. The van der Waals surface area contributed by atoms with Gasteiger partial charge in [-0.25, -0.2) is 13.2 Å². The normalized spacial score (nSPS) is 15.0. The zero-order valence-corrected chi connectivity index (χ0v) is 18.1. The second kappa shape index (κ2) is 9.21. The number of methoxy groups -OCH3 is 1. The lowest BCUT2D eigenvalue weighted by atomic mass is 10.2. The Balaban J connectivity index is 1.81. The van der Waals surface area contributed by atoms with E-state index in [-0.39, 0.29) is 10.6 Å². The van der Waals surface area contributed by atoms with E-state index in [9.17, 15) is 13.2 Å². The Labute approximate surface area is 180 Å². The van der Waals surface area contributed by atoms with Gasteiger partial charge in [0, 0.05) is 18.8 Å². The third kappa shape index (κ3) is 5.14. The molecule has 3 rings (SSSR count). The highest BCUT2D eigenvalue weighted by atomic mass is 35.5. The molecule has 0 bridgehead atoms. The number of sulfonamides is 1. The standard InChI is InChI=1S/C19H21Cl2N3O4S/c1-28-18-8-6-14(29(26,27)24-9-3-2-4-10-24)12-17(18)23-19(25)22-13-5-7-15(20)16(21)11-13/h5-8,11-12H,2-4,9-10H2,1H3,(H2,22,23,25). The molecule has 1 heterocycles. The van der Waals surface area contributed by atoms with Gasteiger partial charge in [0.15, 0.2) is 0 Å². The van der Waals surface area contributed by atoms with E-state index in [1.165, 1.54) is 35.7 Å². The van der Waals surface area contributed by atoms with Crippen molar-refractivity contribution in [2.45, 2.75) is 24.2 Å². The molecule has 0 saturated carbocycles. The van der Waals surface area contributed by atoms with Crippen LogP contribution < -0.4 is 15.4 Å². The van der Waals surface area contributed by atoms with Gasteiger partial charge in [-0.15, -0.1) is 0 Å². The lowest BCUT2D eigenvalue weighted by Gasteiger charge is -2.26. The molecule has 0 aliphatic carbocycles. The van der Waals surface area contributed by atoms with Crippen LogP contribution in [0, 0.1) is 0 Å². The first kappa shape index (κ1) is 21.7. The van der Waals surface area contributed by atoms with Gasteiger partial charge in [0.2, 0.25) is 10.0 Å². The zero-order chi connectivity index (χ0) is 21.0. The van der Waals surface area contributed by atoms with Crippen LogP contribution in [0.15, 0.2) is 41.3 Å². The number of hydrogen-bond donors (Lipinski definition) is 2. The molecule has 0 aromatic heterocycles. The fourth-order valence-corrected chi connectivity index (χ4v) is 4.90. The average Bonchev–Trinajstić information content (AvgIpc) is 2.71. The minimum atomic E-state index is -3.64. The maximum Gasteiger partial charge on any atom is 0.323 e. The number of rotatable bonds is 5. The average molecular weight is 458 g/mol. The molecular formula is C19H21Cl2N3O4S. The van der Waals surface area contributed by atoms with Crippen LogP contribution in [0.5, 0.6) is 5.75 Å². The number of carbonyl (C=O) groups excluding carboxylic acids is 1. The Morgan fingerprint density at radius 3 is 2.38 bits per heavy atom. The van der Waals surface area contributed by atoms with Crippen LogP contribution in [0.4, 0.5) is 16.2 Å². The number of piperidine rings is 1. The smallest absolute Gasteiger partial charge is 0.323 e. The van der Waals surface area contributed by atoms with Crippen molar-refractivity contribution in [1.82, 2.24) is 4.31 Å². The van der Waals surface area contributed by atoms with Crippen LogP contribution in [-0.2, 0) is 10.0 Å². The Morgan fingerprint density at radius 1 is 1.00 bits per heavy atom. The molecule has 2 aromatic carbocycles. The summed E-state index contributed by atoms with van der Waals surface area (Å²) in [6.07, 6.45) is 2.70. The number of anilines is 2. The van der Waals surface area contributed by atoms with Crippen molar-refractivity contribution in [3.63, 3.8) is 0 Å². The van der Waals surface area contributed by atoms with Gasteiger partial charge in [0.05, 0.1) is 27.7 Å². The van der Waals surface area contributed by atoms with E-state index < -0.39 is 16.1 Å². The molecule has 7 nitrogen and oxygen atoms in total. The highest BCUT2D eigenvalue weighted by Gasteiger charge is 2.27. The number of ether oxygens (including phenoxy) is 1. The molecule has 0 atom stereocenters. The molecule has 1 saturated heterocycles. The van der Waals surface area contributed by atoms with Crippen LogP contribution in [0.3, 0.4) is 0 Å². The van der Waals surface area contributed by atoms with Crippen molar-refractivity contribution < 1.29 is 17.9 Å². The van der Waals surface area contributed by atoms with Crippen molar-refractivity contribution >= 4 is 50.6 Å². The van der Waals surface area contributed by atoms with Gasteiger partial charge >= 0.3 is 6.03 Å². The van der Waals surface area contributed by atoms with Crippen LogP contribution >= 0.6 is 23.2 Å². The van der Waals surface area contributed by atoms with E-state index >= 15 is 0 Å². The molecule has 1 aliphatic rings. The maximum absolute atomic E-state index is 12.9. The number of carbonyl (C=O) groups is 1. The summed E-state index contributed by atoms with van der Waals surface area (Å²) in [7, 11) is -2.20. The molecule has 29 heavy (non-hydrogen) atoms. The predicted molar refractivity (Wildman–Crippen MR) is 115 cm³/mol. The van der Waals surface area contributed by atoms with Crippen molar-refractivity contribution in [3.8, 4) is 5.75 Å². The SMILES string of the molecule is COc1ccc(S(=O)(=O)N2CCCCC2)cc1NC(=O)Nc1ccc(Cl)c(Cl)c1. The van der Waals surface area contributed by atoms with Crippen LogP contribution in [0.2, 0.25) is 10.0 Å². The summed E-state index contributed by atoms with van der Waals surface area (Å²) >= 11 is 11.8. The highest BCUT2D eigenvalue weighted by Crippen LogP contribution is 2.30. The Hall–Kier alpha value is -2.00. The van der Waals surface area contributed by atoms with Gasteiger partial charge < -0.3 is 15.4 Å². The molecule has 10 heteroatoms. The maximum atomic E-state index is 12.9.